The lowest BCUT2D eigenvalue weighted by Crippen LogP contribution is -2.51. The minimum atomic E-state index is 0.428. The highest BCUT2D eigenvalue weighted by molar-refractivity contribution is 5.93. The third-order valence-corrected chi connectivity index (χ3v) is 6.39. The second-order valence-electron chi connectivity index (χ2n) is 8.21. The van der Waals surface area contributed by atoms with Crippen molar-refractivity contribution >= 4 is 16.6 Å². The molecule has 2 aromatic carbocycles. The van der Waals surface area contributed by atoms with E-state index in [1.807, 2.05) is 24.3 Å². The van der Waals surface area contributed by atoms with Crippen LogP contribution in [0.5, 0.6) is 0 Å². The maximum Gasteiger partial charge on any atom is 0.187 e. The summed E-state index contributed by atoms with van der Waals surface area (Å²) in [7, 11) is 0. The van der Waals surface area contributed by atoms with Crippen LogP contribution in [0.25, 0.3) is 10.9 Å². The van der Waals surface area contributed by atoms with Crippen LogP contribution in [0.4, 0.5) is 5.69 Å². The van der Waals surface area contributed by atoms with Gasteiger partial charge >= 0.3 is 0 Å². The Morgan fingerprint density at radius 1 is 0.900 bits per heavy atom. The van der Waals surface area contributed by atoms with Crippen LogP contribution in [0, 0.1) is 11.3 Å². The number of hydrogen-bond donors (Lipinski definition) is 0. The maximum atomic E-state index is 9.59. The van der Waals surface area contributed by atoms with E-state index in [0.29, 0.717) is 11.7 Å². The molecule has 1 atom stereocenters. The van der Waals surface area contributed by atoms with Gasteiger partial charge in [-0.2, -0.15) is 5.26 Å². The number of rotatable bonds is 4. The third-order valence-electron chi connectivity index (χ3n) is 6.39. The van der Waals surface area contributed by atoms with Gasteiger partial charge in [-0.1, -0.05) is 48.5 Å². The van der Waals surface area contributed by atoms with Gasteiger partial charge < -0.3 is 4.90 Å². The molecular formula is C24H26N6. The van der Waals surface area contributed by atoms with E-state index in [-0.39, 0.29) is 0 Å². The number of hydrogen-bond acceptors (Lipinski definition) is 6. The van der Waals surface area contributed by atoms with Crippen molar-refractivity contribution in [2.24, 2.45) is 0 Å². The Labute approximate surface area is 177 Å². The Hall–Kier alpha value is -3.01. The maximum absolute atomic E-state index is 9.59. The van der Waals surface area contributed by atoms with Crippen molar-refractivity contribution in [1.29, 1.82) is 5.26 Å². The number of fused-ring (bicyclic) bond motifs is 1. The van der Waals surface area contributed by atoms with Gasteiger partial charge in [0.15, 0.2) is 5.69 Å². The fourth-order valence-corrected chi connectivity index (χ4v) is 4.84. The number of nitriles is 1. The predicted molar refractivity (Wildman–Crippen MR) is 118 cm³/mol. The van der Waals surface area contributed by atoms with E-state index in [9.17, 15) is 5.26 Å². The number of nitrogens with zero attached hydrogens (tertiary/aromatic N) is 6. The molecule has 152 valence electrons. The second-order valence-corrected chi connectivity index (χ2v) is 8.21. The number of benzene rings is 2. The van der Waals surface area contributed by atoms with Crippen molar-refractivity contribution in [1.82, 2.24) is 20.0 Å². The zero-order valence-corrected chi connectivity index (χ0v) is 17.1. The van der Waals surface area contributed by atoms with Crippen LogP contribution < -0.4 is 4.90 Å². The molecule has 2 fully saturated rings. The Bertz CT molecular complexity index is 1050. The zero-order chi connectivity index (χ0) is 20.3. The Balaban J connectivity index is 1.24. The Morgan fingerprint density at radius 3 is 2.47 bits per heavy atom. The molecule has 6 heteroatoms. The summed E-state index contributed by atoms with van der Waals surface area (Å²) in [4.78, 5) is 7.52. The molecule has 0 bridgehead atoms. The van der Waals surface area contributed by atoms with Crippen molar-refractivity contribution in [3.63, 3.8) is 0 Å². The van der Waals surface area contributed by atoms with E-state index in [0.717, 1.165) is 62.4 Å². The van der Waals surface area contributed by atoms with E-state index < -0.39 is 0 Å². The molecule has 3 heterocycles. The highest BCUT2D eigenvalue weighted by Gasteiger charge is 2.31. The lowest BCUT2D eigenvalue weighted by atomic mass is 10.1. The minimum Gasteiger partial charge on any atom is -0.366 e. The van der Waals surface area contributed by atoms with Crippen LogP contribution in [0.2, 0.25) is 0 Å². The van der Waals surface area contributed by atoms with Crippen molar-refractivity contribution in [2.45, 2.75) is 19.0 Å². The summed E-state index contributed by atoms with van der Waals surface area (Å²) in [6, 6.07) is 21.6. The molecule has 0 aliphatic carbocycles. The van der Waals surface area contributed by atoms with E-state index in [1.165, 1.54) is 12.0 Å². The van der Waals surface area contributed by atoms with Crippen LogP contribution in [0.15, 0.2) is 54.6 Å². The van der Waals surface area contributed by atoms with Gasteiger partial charge in [0.1, 0.15) is 6.07 Å². The van der Waals surface area contributed by atoms with E-state index in [2.05, 4.69) is 61.3 Å². The van der Waals surface area contributed by atoms with Gasteiger partial charge in [0.2, 0.25) is 0 Å². The molecule has 2 aliphatic rings. The molecule has 6 nitrogen and oxygen atoms in total. The first-order chi connectivity index (χ1) is 14.8. The lowest BCUT2D eigenvalue weighted by molar-refractivity contribution is 0.181. The van der Waals surface area contributed by atoms with Gasteiger partial charge in [0.25, 0.3) is 0 Å². The van der Waals surface area contributed by atoms with Gasteiger partial charge in [0, 0.05) is 57.2 Å². The summed E-state index contributed by atoms with van der Waals surface area (Å²) in [6.07, 6.45) is 1.23. The molecule has 0 saturated carbocycles. The fourth-order valence-electron chi connectivity index (χ4n) is 4.84. The highest BCUT2D eigenvalue weighted by atomic mass is 15.3. The Morgan fingerprint density at radius 2 is 1.67 bits per heavy atom. The van der Waals surface area contributed by atoms with Crippen molar-refractivity contribution in [2.75, 3.05) is 44.2 Å². The van der Waals surface area contributed by atoms with Gasteiger partial charge in [0.05, 0.1) is 11.2 Å². The van der Waals surface area contributed by atoms with Gasteiger partial charge in [-0.05, 0) is 18.1 Å². The molecule has 2 aliphatic heterocycles. The number of piperazine rings is 1. The highest BCUT2D eigenvalue weighted by Crippen LogP contribution is 2.29. The first-order valence-electron chi connectivity index (χ1n) is 10.7. The normalized spacial score (nSPS) is 20.5. The smallest absolute Gasteiger partial charge is 0.187 e. The summed E-state index contributed by atoms with van der Waals surface area (Å²) in [5.74, 6) is 0. The van der Waals surface area contributed by atoms with Crippen molar-refractivity contribution < 1.29 is 0 Å². The van der Waals surface area contributed by atoms with E-state index in [1.54, 1.807) is 0 Å². The molecule has 1 aromatic heterocycles. The molecule has 2 saturated heterocycles. The Kier molecular flexibility index (Phi) is 5.31. The van der Waals surface area contributed by atoms with Crippen LogP contribution in [-0.4, -0.2) is 65.3 Å². The van der Waals surface area contributed by atoms with Crippen LogP contribution >= 0.6 is 0 Å². The minimum absolute atomic E-state index is 0.428. The second kappa shape index (κ2) is 8.39. The average molecular weight is 399 g/mol. The van der Waals surface area contributed by atoms with E-state index in [4.69, 9.17) is 0 Å². The van der Waals surface area contributed by atoms with Gasteiger partial charge in [-0.3, -0.25) is 9.80 Å². The number of likely N-dealkylation sites (tertiary alicyclic amines) is 1. The molecule has 0 amide bonds. The summed E-state index contributed by atoms with van der Waals surface area (Å²) in [6.45, 7) is 7.21. The van der Waals surface area contributed by atoms with Crippen LogP contribution in [0.3, 0.4) is 0 Å². The third kappa shape index (κ3) is 3.74. The molecule has 30 heavy (non-hydrogen) atoms. The predicted octanol–water partition coefficient (Wildman–Crippen LogP) is 2.90. The van der Waals surface area contributed by atoms with Gasteiger partial charge in [-0.25, -0.2) is 0 Å². The van der Waals surface area contributed by atoms with Crippen LogP contribution in [-0.2, 0) is 6.54 Å². The average Bonchev–Trinajstić information content (AvgIpc) is 3.27. The largest absolute Gasteiger partial charge is 0.366 e. The van der Waals surface area contributed by atoms with Crippen LogP contribution in [0.1, 0.15) is 17.7 Å². The summed E-state index contributed by atoms with van der Waals surface area (Å²) in [5, 5.41) is 19.0. The first kappa shape index (κ1) is 19.0. The fraction of sp³-hybridized carbons (Fsp3) is 0.375. The quantitative estimate of drug-likeness (QED) is 0.674. The molecule has 5 rings (SSSR count). The number of anilines is 1. The van der Waals surface area contributed by atoms with Crippen molar-refractivity contribution in [3.8, 4) is 6.07 Å². The molecule has 0 radical (unpaired) electrons. The van der Waals surface area contributed by atoms with Crippen molar-refractivity contribution in [3.05, 3.63) is 65.9 Å². The monoisotopic (exact) mass is 398 g/mol. The van der Waals surface area contributed by atoms with E-state index >= 15 is 0 Å². The standard InChI is InChI=1S/C24H26N6/c25-16-23-24(21-8-4-5-9-22(21)26-27-23)30-14-12-29(13-15-30)20-10-11-28(18-20)17-19-6-2-1-3-7-19/h1-9,20H,10-15,17-18H2. The molecule has 1 unspecified atom stereocenters. The van der Waals surface area contributed by atoms with Gasteiger partial charge in [-0.15, -0.1) is 10.2 Å². The SMILES string of the molecule is N#Cc1nnc2ccccc2c1N1CCN(C2CCN(Cc3ccccc3)C2)CC1. The lowest BCUT2D eigenvalue weighted by Gasteiger charge is -2.39. The molecule has 0 N–H and O–H groups in total. The summed E-state index contributed by atoms with van der Waals surface area (Å²) in [5.41, 5.74) is 3.61. The summed E-state index contributed by atoms with van der Waals surface area (Å²) >= 11 is 0. The zero-order valence-electron chi connectivity index (χ0n) is 17.1. The number of aromatic nitrogens is 2. The molecular weight excluding hydrogens is 372 g/mol. The summed E-state index contributed by atoms with van der Waals surface area (Å²) < 4.78 is 0. The first-order valence-corrected chi connectivity index (χ1v) is 10.7. The molecule has 3 aromatic rings. The topological polar surface area (TPSA) is 59.3 Å². The molecule has 0 spiro atoms.